The molecule has 1 aromatic carbocycles. The summed E-state index contributed by atoms with van der Waals surface area (Å²) in [6.45, 7) is 7.98. The van der Waals surface area contributed by atoms with Gasteiger partial charge in [0.1, 0.15) is 5.75 Å². The van der Waals surface area contributed by atoms with Crippen LogP contribution in [-0.4, -0.2) is 38.7 Å². The molecule has 1 N–H and O–H groups in total. The molecule has 0 saturated heterocycles. The van der Waals surface area contributed by atoms with Gasteiger partial charge in [0.2, 0.25) is 0 Å². The number of nitrogens with zero attached hydrogens (tertiary/aromatic N) is 1. The van der Waals surface area contributed by atoms with Gasteiger partial charge in [0, 0.05) is 18.6 Å². The molecular weight excluding hydrogens is 248 g/mol. The molecule has 0 aromatic heterocycles. The van der Waals surface area contributed by atoms with E-state index in [9.17, 15) is 0 Å². The zero-order valence-corrected chi connectivity index (χ0v) is 13.7. The quantitative estimate of drug-likeness (QED) is 0.915. The van der Waals surface area contributed by atoms with Gasteiger partial charge in [0.05, 0.1) is 7.11 Å². The van der Waals surface area contributed by atoms with Crippen LogP contribution in [0.25, 0.3) is 0 Å². The minimum atomic E-state index is 0.319. The number of rotatable bonds is 4. The zero-order chi connectivity index (χ0) is 14.9. The molecule has 0 heterocycles. The number of hydrogen-bond acceptors (Lipinski definition) is 3. The second kappa shape index (κ2) is 5.74. The molecule has 0 aliphatic heterocycles. The fourth-order valence-corrected chi connectivity index (χ4v) is 3.35. The predicted octanol–water partition coefficient (Wildman–Crippen LogP) is 2.86. The van der Waals surface area contributed by atoms with E-state index in [1.165, 1.54) is 11.1 Å². The average molecular weight is 276 g/mol. The molecule has 1 aromatic rings. The number of nitrogens with one attached hydrogen (secondary N) is 1. The predicted molar refractivity (Wildman–Crippen MR) is 84.4 cm³/mol. The minimum absolute atomic E-state index is 0.319. The molecule has 0 saturated carbocycles. The number of benzene rings is 1. The van der Waals surface area contributed by atoms with E-state index in [4.69, 9.17) is 4.74 Å². The molecule has 1 aliphatic carbocycles. The van der Waals surface area contributed by atoms with Crippen molar-refractivity contribution in [3.8, 4) is 5.75 Å². The molecule has 2 atom stereocenters. The van der Waals surface area contributed by atoms with Crippen molar-refractivity contribution in [2.75, 3.05) is 27.7 Å². The third-order valence-electron chi connectivity index (χ3n) is 4.10. The van der Waals surface area contributed by atoms with Gasteiger partial charge < -0.3 is 15.0 Å². The van der Waals surface area contributed by atoms with Gasteiger partial charge in [-0.05, 0) is 49.2 Å². The number of hydrogen-bond donors (Lipinski definition) is 1. The minimum Gasteiger partial charge on any atom is -0.497 e. The fourth-order valence-electron chi connectivity index (χ4n) is 3.35. The van der Waals surface area contributed by atoms with Gasteiger partial charge in [-0.2, -0.15) is 0 Å². The molecule has 2 unspecified atom stereocenters. The molecule has 0 spiro atoms. The Bertz CT molecular complexity index is 465. The Morgan fingerprint density at radius 3 is 2.60 bits per heavy atom. The molecule has 1 aliphatic rings. The van der Waals surface area contributed by atoms with Gasteiger partial charge in [-0.25, -0.2) is 0 Å². The van der Waals surface area contributed by atoms with Crippen LogP contribution in [0.2, 0.25) is 0 Å². The van der Waals surface area contributed by atoms with Crippen molar-refractivity contribution in [1.82, 2.24) is 10.2 Å². The van der Waals surface area contributed by atoms with E-state index in [0.717, 1.165) is 18.7 Å². The summed E-state index contributed by atoms with van der Waals surface area (Å²) in [5.74, 6) is 0.947. The summed E-state index contributed by atoms with van der Waals surface area (Å²) in [6, 6.07) is 7.36. The highest BCUT2D eigenvalue weighted by Gasteiger charge is 2.35. The lowest BCUT2D eigenvalue weighted by Gasteiger charge is -2.34. The Morgan fingerprint density at radius 1 is 1.35 bits per heavy atom. The molecule has 0 fully saturated rings. The van der Waals surface area contributed by atoms with E-state index in [-0.39, 0.29) is 0 Å². The molecule has 20 heavy (non-hydrogen) atoms. The SMILES string of the molecule is CNC1c2cc(OC)ccc2CC1N(C)CC(C)(C)C. The van der Waals surface area contributed by atoms with Crippen LogP contribution in [0.1, 0.15) is 37.9 Å². The Kier molecular flexibility index (Phi) is 4.40. The first-order valence-electron chi connectivity index (χ1n) is 7.40. The topological polar surface area (TPSA) is 24.5 Å². The summed E-state index contributed by atoms with van der Waals surface area (Å²) in [5, 5.41) is 3.49. The van der Waals surface area contributed by atoms with Gasteiger partial charge >= 0.3 is 0 Å². The highest BCUT2D eigenvalue weighted by atomic mass is 16.5. The first kappa shape index (κ1) is 15.3. The van der Waals surface area contributed by atoms with Crippen molar-refractivity contribution < 1.29 is 4.74 Å². The number of fused-ring (bicyclic) bond motifs is 1. The maximum absolute atomic E-state index is 5.37. The third-order valence-corrected chi connectivity index (χ3v) is 4.10. The monoisotopic (exact) mass is 276 g/mol. The Labute approximate surface area is 123 Å². The molecular formula is C17H28N2O. The molecule has 0 bridgehead atoms. The summed E-state index contributed by atoms with van der Waals surface area (Å²) in [6.07, 6.45) is 1.11. The first-order valence-corrected chi connectivity index (χ1v) is 7.40. The second-order valence-corrected chi connectivity index (χ2v) is 7.08. The lowest BCUT2D eigenvalue weighted by molar-refractivity contribution is 0.151. The van der Waals surface area contributed by atoms with E-state index in [2.05, 4.69) is 63.3 Å². The van der Waals surface area contributed by atoms with Gasteiger partial charge in [-0.15, -0.1) is 0 Å². The second-order valence-electron chi connectivity index (χ2n) is 7.08. The van der Waals surface area contributed by atoms with Gasteiger partial charge in [-0.1, -0.05) is 26.8 Å². The molecule has 3 nitrogen and oxygen atoms in total. The van der Waals surface area contributed by atoms with Crippen molar-refractivity contribution in [2.45, 2.75) is 39.3 Å². The maximum atomic E-state index is 5.37. The van der Waals surface area contributed by atoms with Crippen LogP contribution in [0.5, 0.6) is 5.75 Å². The average Bonchev–Trinajstić information content (AvgIpc) is 2.74. The maximum Gasteiger partial charge on any atom is 0.119 e. The smallest absolute Gasteiger partial charge is 0.119 e. The summed E-state index contributed by atoms with van der Waals surface area (Å²) in [5.41, 5.74) is 3.15. The molecule has 0 radical (unpaired) electrons. The summed E-state index contributed by atoms with van der Waals surface area (Å²) in [4.78, 5) is 2.49. The van der Waals surface area contributed by atoms with Crippen molar-refractivity contribution in [1.29, 1.82) is 0 Å². The van der Waals surface area contributed by atoms with Crippen molar-refractivity contribution in [2.24, 2.45) is 5.41 Å². The third kappa shape index (κ3) is 3.15. The van der Waals surface area contributed by atoms with Crippen molar-refractivity contribution >= 4 is 0 Å². The number of methoxy groups -OCH3 is 1. The van der Waals surface area contributed by atoms with Gasteiger partial charge in [0.25, 0.3) is 0 Å². The van der Waals surface area contributed by atoms with E-state index in [0.29, 0.717) is 17.5 Å². The lowest BCUT2D eigenvalue weighted by atomic mass is 9.94. The zero-order valence-electron chi connectivity index (χ0n) is 13.7. The van der Waals surface area contributed by atoms with Crippen molar-refractivity contribution in [3.63, 3.8) is 0 Å². The fraction of sp³-hybridized carbons (Fsp3) is 0.647. The van der Waals surface area contributed by atoms with Crippen LogP contribution < -0.4 is 10.1 Å². The summed E-state index contributed by atoms with van der Waals surface area (Å²) < 4.78 is 5.37. The van der Waals surface area contributed by atoms with Crippen molar-refractivity contribution in [3.05, 3.63) is 29.3 Å². The molecule has 112 valence electrons. The summed E-state index contributed by atoms with van der Waals surface area (Å²) in [7, 11) is 6.02. The van der Waals surface area contributed by atoms with Crippen LogP contribution in [-0.2, 0) is 6.42 Å². The van der Waals surface area contributed by atoms with E-state index < -0.39 is 0 Å². The van der Waals surface area contributed by atoms with E-state index in [1.54, 1.807) is 7.11 Å². The Hall–Kier alpha value is -1.06. The molecule has 3 heteroatoms. The number of ether oxygens (including phenoxy) is 1. The lowest BCUT2D eigenvalue weighted by Crippen LogP contribution is -2.43. The normalized spacial score (nSPS) is 22.1. The van der Waals surface area contributed by atoms with E-state index >= 15 is 0 Å². The molecule has 0 amide bonds. The first-order chi connectivity index (χ1) is 9.35. The largest absolute Gasteiger partial charge is 0.497 e. The van der Waals surface area contributed by atoms with Crippen LogP contribution >= 0.6 is 0 Å². The Morgan fingerprint density at radius 2 is 2.05 bits per heavy atom. The standard InChI is InChI=1S/C17H28N2O/c1-17(2,3)11-19(5)15-9-12-7-8-13(20-6)10-14(12)16(15)18-4/h7-8,10,15-16,18H,9,11H2,1-6H3. The highest BCUT2D eigenvalue weighted by Crippen LogP contribution is 2.36. The highest BCUT2D eigenvalue weighted by molar-refractivity contribution is 5.42. The number of likely N-dealkylation sites (N-methyl/N-ethyl adjacent to an activating group) is 2. The van der Waals surface area contributed by atoms with Gasteiger partial charge in [-0.3, -0.25) is 0 Å². The van der Waals surface area contributed by atoms with Crippen LogP contribution in [0.3, 0.4) is 0 Å². The van der Waals surface area contributed by atoms with Crippen LogP contribution in [0.4, 0.5) is 0 Å². The van der Waals surface area contributed by atoms with E-state index in [1.807, 2.05) is 0 Å². The van der Waals surface area contributed by atoms with Crippen LogP contribution in [0.15, 0.2) is 18.2 Å². The van der Waals surface area contributed by atoms with Crippen LogP contribution in [0, 0.1) is 5.41 Å². The molecule has 2 rings (SSSR count). The Balaban J connectivity index is 2.22. The van der Waals surface area contributed by atoms with Gasteiger partial charge in [0.15, 0.2) is 0 Å². The summed E-state index contributed by atoms with van der Waals surface area (Å²) >= 11 is 0.